The Hall–Kier alpha value is -3.03. The molecule has 41 heavy (non-hydrogen) atoms. The summed E-state index contributed by atoms with van der Waals surface area (Å²) in [5.74, 6) is 1.04. The number of aromatic amines is 1. The molecule has 0 amide bonds. The molecular formula is C34H46N2O4Si. The molecule has 4 aromatic rings. The lowest BCUT2D eigenvalue weighted by atomic mass is 9.81. The zero-order valence-corrected chi connectivity index (χ0v) is 26.9. The van der Waals surface area contributed by atoms with Crippen molar-refractivity contribution >= 4 is 36.1 Å². The Morgan fingerprint density at radius 2 is 1.78 bits per heavy atom. The lowest BCUT2D eigenvalue weighted by molar-refractivity contribution is 0.0601. The summed E-state index contributed by atoms with van der Waals surface area (Å²) in [6, 6.07) is 12.4. The minimum Gasteiger partial charge on any atom is -0.496 e. The van der Waals surface area contributed by atoms with E-state index < -0.39 is 8.32 Å². The van der Waals surface area contributed by atoms with E-state index in [2.05, 4.69) is 73.9 Å². The molecule has 0 atom stereocenters. The number of H-pyrrole nitrogens is 1. The highest BCUT2D eigenvalue weighted by Gasteiger charge is 2.36. The van der Waals surface area contributed by atoms with Crippen molar-refractivity contribution in [3.05, 3.63) is 53.7 Å². The fourth-order valence-corrected chi connectivity index (χ4v) is 7.22. The quantitative estimate of drug-likeness (QED) is 0.123. The summed E-state index contributed by atoms with van der Waals surface area (Å²) >= 11 is 0. The first kappa shape index (κ1) is 29.5. The number of aryl methyl sites for hydroxylation is 1. The van der Waals surface area contributed by atoms with Gasteiger partial charge in [-0.2, -0.15) is 0 Å². The van der Waals surface area contributed by atoms with Crippen LogP contribution in [0.3, 0.4) is 0 Å². The van der Waals surface area contributed by atoms with Gasteiger partial charge in [-0.25, -0.2) is 4.79 Å². The van der Waals surface area contributed by atoms with Crippen molar-refractivity contribution in [1.29, 1.82) is 0 Å². The SMILES string of the molecule is COC(=O)c1ccc2c(C3CCCCC3)c(-c3ccc(OC)c4ccn(CCCO[Si](C)(C)C(C)(C)C)c34)[nH]c2c1. The second-order valence-electron chi connectivity index (χ2n) is 13.0. The molecule has 0 spiro atoms. The van der Waals surface area contributed by atoms with Crippen LogP contribution in [0.25, 0.3) is 33.1 Å². The monoisotopic (exact) mass is 574 g/mol. The topological polar surface area (TPSA) is 65.5 Å². The summed E-state index contributed by atoms with van der Waals surface area (Å²) in [5.41, 5.74) is 6.41. The predicted molar refractivity (Wildman–Crippen MR) is 171 cm³/mol. The number of methoxy groups -OCH3 is 2. The van der Waals surface area contributed by atoms with Crippen LogP contribution < -0.4 is 4.74 Å². The third kappa shape index (κ3) is 5.71. The van der Waals surface area contributed by atoms with Crippen molar-refractivity contribution in [3.63, 3.8) is 0 Å². The van der Waals surface area contributed by atoms with Crippen molar-refractivity contribution in [2.24, 2.45) is 0 Å². The number of benzene rings is 2. The molecule has 220 valence electrons. The number of nitrogens with one attached hydrogen (secondary N) is 1. The van der Waals surface area contributed by atoms with Gasteiger partial charge in [0.05, 0.1) is 31.0 Å². The van der Waals surface area contributed by atoms with Crippen molar-refractivity contribution in [3.8, 4) is 17.0 Å². The van der Waals surface area contributed by atoms with E-state index >= 15 is 0 Å². The second kappa shape index (κ2) is 11.7. The first-order valence-electron chi connectivity index (χ1n) is 15.1. The van der Waals surface area contributed by atoms with E-state index in [0.29, 0.717) is 11.5 Å². The molecule has 2 aromatic carbocycles. The van der Waals surface area contributed by atoms with Crippen LogP contribution in [0.4, 0.5) is 0 Å². The number of aromatic nitrogens is 2. The van der Waals surface area contributed by atoms with Crippen LogP contribution in [0.15, 0.2) is 42.6 Å². The lowest BCUT2D eigenvalue weighted by Gasteiger charge is -2.36. The van der Waals surface area contributed by atoms with Crippen LogP contribution in [0.5, 0.6) is 5.75 Å². The molecular weight excluding hydrogens is 528 g/mol. The first-order chi connectivity index (χ1) is 19.6. The molecule has 0 saturated heterocycles. The molecule has 0 aliphatic heterocycles. The third-order valence-electron chi connectivity index (χ3n) is 9.46. The van der Waals surface area contributed by atoms with Crippen LogP contribution in [0.2, 0.25) is 18.1 Å². The minimum absolute atomic E-state index is 0.201. The molecule has 2 heterocycles. The van der Waals surface area contributed by atoms with Gasteiger partial charge in [-0.1, -0.05) is 46.1 Å². The van der Waals surface area contributed by atoms with Crippen LogP contribution in [-0.2, 0) is 15.7 Å². The van der Waals surface area contributed by atoms with Gasteiger partial charge in [-0.05, 0) is 79.2 Å². The lowest BCUT2D eigenvalue weighted by Crippen LogP contribution is -2.41. The van der Waals surface area contributed by atoms with Gasteiger partial charge in [-0.15, -0.1) is 0 Å². The summed E-state index contributed by atoms with van der Waals surface area (Å²) in [6.07, 6.45) is 9.29. The van der Waals surface area contributed by atoms with E-state index in [-0.39, 0.29) is 11.0 Å². The molecule has 0 bridgehead atoms. The maximum atomic E-state index is 12.4. The van der Waals surface area contributed by atoms with E-state index in [4.69, 9.17) is 13.9 Å². The predicted octanol–water partition coefficient (Wildman–Crippen LogP) is 9.04. The number of rotatable bonds is 9. The zero-order chi connectivity index (χ0) is 29.4. The number of carbonyl (C=O) groups is 1. The van der Waals surface area contributed by atoms with Gasteiger partial charge in [0.25, 0.3) is 0 Å². The molecule has 1 aliphatic rings. The highest BCUT2D eigenvalue weighted by molar-refractivity contribution is 6.74. The van der Waals surface area contributed by atoms with Crippen molar-refractivity contribution in [1.82, 2.24) is 9.55 Å². The van der Waals surface area contributed by atoms with Crippen molar-refractivity contribution in [2.45, 2.75) is 89.9 Å². The summed E-state index contributed by atoms with van der Waals surface area (Å²) in [6.45, 7) is 13.1. The normalized spacial score (nSPS) is 15.1. The van der Waals surface area contributed by atoms with Crippen LogP contribution >= 0.6 is 0 Å². The Labute approximate surface area is 245 Å². The minimum atomic E-state index is -1.79. The van der Waals surface area contributed by atoms with E-state index in [0.717, 1.165) is 41.9 Å². The van der Waals surface area contributed by atoms with E-state index in [1.807, 2.05) is 12.1 Å². The van der Waals surface area contributed by atoms with Gasteiger partial charge in [-0.3, -0.25) is 0 Å². The van der Waals surface area contributed by atoms with Gasteiger partial charge in [0, 0.05) is 41.2 Å². The Morgan fingerprint density at radius 3 is 2.46 bits per heavy atom. The molecule has 1 saturated carbocycles. The van der Waals surface area contributed by atoms with Crippen LogP contribution in [-0.4, -0.2) is 44.7 Å². The van der Waals surface area contributed by atoms with Crippen LogP contribution in [0.1, 0.15) is 81.1 Å². The molecule has 0 unspecified atom stereocenters. The Balaban J connectivity index is 1.59. The summed E-state index contributed by atoms with van der Waals surface area (Å²) in [4.78, 5) is 16.1. The summed E-state index contributed by atoms with van der Waals surface area (Å²) < 4.78 is 19.7. The molecule has 5 rings (SSSR count). The Kier molecular flexibility index (Phi) is 8.40. The standard InChI is InChI=1S/C34H46N2O4Si/c1-34(2,3)41(6,7)40-21-11-19-36-20-18-26-29(38-4)17-16-27(32(26)36)31-30(23-12-9-8-10-13-23)25-15-14-24(33(37)39-5)22-28(25)35-31/h14-18,20,22-23,35H,8-13,19,21H2,1-7H3. The zero-order valence-electron chi connectivity index (χ0n) is 25.9. The number of esters is 1. The molecule has 1 fully saturated rings. The molecule has 2 aromatic heterocycles. The van der Waals surface area contributed by atoms with E-state index in [1.54, 1.807) is 7.11 Å². The number of ether oxygens (including phenoxy) is 2. The van der Waals surface area contributed by atoms with Gasteiger partial charge < -0.3 is 23.5 Å². The first-order valence-corrected chi connectivity index (χ1v) is 18.0. The number of hydrogen-bond donors (Lipinski definition) is 1. The van der Waals surface area contributed by atoms with Gasteiger partial charge in [0.15, 0.2) is 8.32 Å². The largest absolute Gasteiger partial charge is 0.496 e. The molecule has 6 nitrogen and oxygen atoms in total. The summed E-state index contributed by atoms with van der Waals surface area (Å²) in [5, 5.41) is 2.51. The average molecular weight is 575 g/mol. The van der Waals surface area contributed by atoms with Crippen molar-refractivity contribution in [2.75, 3.05) is 20.8 Å². The van der Waals surface area contributed by atoms with Crippen LogP contribution in [0, 0.1) is 0 Å². The number of nitrogens with zero attached hydrogens (tertiary/aromatic N) is 1. The Bertz CT molecular complexity index is 1540. The fourth-order valence-electron chi connectivity index (χ4n) is 6.14. The third-order valence-corrected chi connectivity index (χ3v) is 14.0. The number of hydrogen-bond acceptors (Lipinski definition) is 4. The van der Waals surface area contributed by atoms with Gasteiger partial charge in [0.2, 0.25) is 0 Å². The second-order valence-corrected chi connectivity index (χ2v) is 17.9. The molecule has 7 heteroatoms. The maximum absolute atomic E-state index is 12.4. The summed E-state index contributed by atoms with van der Waals surface area (Å²) in [7, 11) is 1.38. The fraction of sp³-hybridized carbons (Fsp3) is 0.500. The smallest absolute Gasteiger partial charge is 0.337 e. The van der Waals surface area contributed by atoms with Gasteiger partial charge >= 0.3 is 5.97 Å². The number of fused-ring (bicyclic) bond motifs is 2. The van der Waals surface area contributed by atoms with Crippen molar-refractivity contribution < 1.29 is 18.7 Å². The molecule has 1 N–H and O–H groups in total. The average Bonchev–Trinajstić information content (AvgIpc) is 3.56. The Morgan fingerprint density at radius 1 is 1.02 bits per heavy atom. The highest BCUT2D eigenvalue weighted by atomic mass is 28.4. The maximum Gasteiger partial charge on any atom is 0.337 e. The molecule has 1 aliphatic carbocycles. The number of carbonyl (C=O) groups excluding carboxylic acids is 1. The van der Waals surface area contributed by atoms with Gasteiger partial charge in [0.1, 0.15) is 5.75 Å². The highest BCUT2D eigenvalue weighted by Crippen LogP contribution is 2.45. The van der Waals surface area contributed by atoms with E-state index in [1.165, 1.54) is 61.2 Å². The molecule has 0 radical (unpaired) electrons. The van der Waals surface area contributed by atoms with E-state index in [9.17, 15) is 4.79 Å².